The molecule has 0 aliphatic heterocycles. The zero-order valence-electron chi connectivity index (χ0n) is 15.1. The van der Waals surface area contributed by atoms with Crippen LogP contribution in [0.15, 0.2) is 79.4 Å². The Morgan fingerprint density at radius 2 is 1.79 bits per heavy atom. The maximum atomic E-state index is 13.3. The van der Waals surface area contributed by atoms with Crippen molar-refractivity contribution in [3.8, 4) is 0 Å². The Balaban J connectivity index is 1.50. The van der Waals surface area contributed by atoms with Crippen molar-refractivity contribution in [2.75, 3.05) is 0 Å². The molecule has 4 rings (SSSR count). The van der Waals surface area contributed by atoms with E-state index in [-0.39, 0.29) is 24.1 Å². The summed E-state index contributed by atoms with van der Waals surface area (Å²) in [6.45, 7) is 0.370. The number of fused-ring (bicyclic) bond motifs is 1. The van der Waals surface area contributed by atoms with Gasteiger partial charge in [-0.2, -0.15) is 0 Å². The van der Waals surface area contributed by atoms with Gasteiger partial charge in [-0.05, 0) is 23.3 Å². The molecule has 1 atom stereocenters. The molecule has 1 amide bonds. The number of rotatable bonds is 6. The van der Waals surface area contributed by atoms with Crippen LogP contribution in [0.2, 0.25) is 0 Å². The Bertz CT molecular complexity index is 1080. The van der Waals surface area contributed by atoms with Crippen molar-refractivity contribution in [2.45, 2.75) is 18.9 Å². The summed E-state index contributed by atoms with van der Waals surface area (Å²) in [6.07, 6.45) is 7.17. The first kappa shape index (κ1) is 17.9. The monoisotopic (exact) mass is 374 g/mol. The van der Waals surface area contributed by atoms with Crippen LogP contribution in [0.25, 0.3) is 5.65 Å². The molecule has 0 bridgehead atoms. The lowest BCUT2D eigenvalue weighted by Gasteiger charge is -2.18. The Morgan fingerprint density at radius 3 is 2.57 bits per heavy atom. The number of nitrogens with one attached hydrogen (secondary N) is 1. The van der Waals surface area contributed by atoms with Crippen LogP contribution < -0.4 is 5.32 Å². The number of halogens is 1. The SMILES string of the molecule is O=C(CC(c1ccccc1)c1ccc(F)cc1)NCc1cnc2cnccn12. The molecule has 5 nitrogen and oxygen atoms in total. The molecule has 0 aliphatic carbocycles. The highest BCUT2D eigenvalue weighted by atomic mass is 19.1. The lowest BCUT2D eigenvalue weighted by atomic mass is 9.88. The summed E-state index contributed by atoms with van der Waals surface area (Å²) in [5.74, 6) is -0.516. The van der Waals surface area contributed by atoms with Crippen molar-refractivity contribution in [2.24, 2.45) is 0 Å². The maximum absolute atomic E-state index is 13.3. The van der Waals surface area contributed by atoms with Gasteiger partial charge >= 0.3 is 0 Å². The zero-order valence-corrected chi connectivity index (χ0v) is 15.1. The van der Waals surface area contributed by atoms with E-state index in [1.54, 1.807) is 30.7 Å². The molecule has 1 unspecified atom stereocenters. The van der Waals surface area contributed by atoms with Crippen LogP contribution in [0.3, 0.4) is 0 Å². The normalized spacial score (nSPS) is 12.0. The average Bonchev–Trinajstić information content (AvgIpc) is 3.15. The van der Waals surface area contributed by atoms with Crippen molar-refractivity contribution in [1.82, 2.24) is 19.7 Å². The average molecular weight is 374 g/mol. The van der Waals surface area contributed by atoms with Gasteiger partial charge in [-0.25, -0.2) is 9.37 Å². The summed E-state index contributed by atoms with van der Waals surface area (Å²) in [4.78, 5) is 21.0. The lowest BCUT2D eigenvalue weighted by Crippen LogP contribution is -2.25. The molecule has 0 saturated carbocycles. The molecular weight excluding hydrogens is 355 g/mol. The molecule has 2 aromatic carbocycles. The summed E-state index contributed by atoms with van der Waals surface area (Å²) in [5, 5.41) is 2.96. The van der Waals surface area contributed by atoms with Crippen LogP contribution in [-0.2, 0) is 11.3 Å². The Labute approximate surface area is 161 Å². The van der Waals surface area contributed by atoms with Gasteiger partial charge in [0.1, 0.15) is 5.82 Å². The minimum Gasteiger partial charge on any atom is -0.350 e. The number of imidazole rings is 1. The van der Waals surface area contributed by atoms with Crippen molar-refractivity contribution >= 4 is 11.6 Å². The maximum Gasteiger partial charge on any atom is 0.221 e. The molecule has 0 radical (unpaired) electrons. The van der Waals surface area contributed by atoms with E-state index in [9.17, 15) is 9.18 Å². The van der Waals surface area contributed by atoms with Gasteiger partial charge in [0.25, 0.3) is 0 Å². The van der Waals surface area contributed by atoms with Crippen LogP contribution in [0, 0.1) is 5.82 Å². The highest BCUT2D eigenvalue weighted by molar-refractivity contribution is 5.77. The van der Waals surface area contributed by atoms with Gasteiger partial charge in [-0.3, -0.25) is 14.2 Å². The van der Waals surface area contributed by atoms with Crippen molar-refractivity contribution in [3.63, 3.8) is 0 Å². The van der Waals surface area contributed by atoms with Crippen molar-refractivity contribution in [1.29, 1.82) is 0 Å². The van der Waals surface area contributed by atoms with E-state index in [4.69, 9.17) is 0 Å². The van der Waals surface area contributed by atoms with E-state index < -0.39 is 0 Å². The second-order valence-electron chi connectivity index (χ2n) is 6.55. The summed E-state index contributed by atoms with van der Waals surface area (Å²) < 4.78 is 15.2. The first-order chi connectivity index (χ1) is 13.7. The van der Waals surface area contributed by atoms with Crippen LogP contribution in [0.1, 0.15) is 29.2 Å². The highest BCUT2D eigenvalue weighted by Crippen LogP contribution is 2.28. The van der Waals surface area contributed by atoms with Crippen molar-refractivity contribution in [3.05, 3.63) is 102 Å². The molecule has 0 saturated heterocycles. The Hall–Kier alpha value is -3.54. The summed E-state index contributed by atoms with van der Waals surface area (Å²) in [7, 11) is 0. The van der Waals surface area contributed by atoms with Crippen LogP contribution in [-0.4, -0.2) is 20.3 Å². The van der Waals surface area contributed by atoms with Gasteiger partial charge in [0.15, 0.2) is 5.65 Å². The largest absolute Gasteiger partial charge is 0.350 e. The molecule has 28 heavy (non-hydrogen) atoms. The van der Waals surface area contributed by atoms with Crippen LogP contribution in [0.5, 0.6) is 0 Å². The third-order valence-electron chi connectivity index (χ3n) is 4.72. The molecule has 140 valence electrons. The smallest absolute Gasteiger partial charge is 0.221 e. The third kappa shape index (κ3) is 3.91. The number of carbonyl (C=O) groups excluding carboxylic acids is 1. The predicted molar refractivity (Wildman–Crippen MR) is 104 cm³/mol. The van der Waals surface area contributed by atoms with E-state index in [1.165, 1.54) is 12.1 Å². The fraction of sp³-hybridized carbons (Fsp3) is 0.136. The quantitative estimate of drug-likeness (QED) is 0.560. The van der Waals surface area contributed by atoms with E-state index in [2.05, 4.69) is 15.3 Å². The third-order valence-corrected chi connectivity index (χ3v) is 4.72. The van der Waals surface area contributed by atoms with Gasteiger partial charge in [0, 0.05) is 24.7 Å². The molecule has 4 aromatic rings. The number of amides is 1. The molecule has 0 fully saturated rings. The van der Waals surface area contributed by atoms with E-state index in [1.807, 2.05) is 40.9 Å². The second-order valence-corrected chi connectivity index (χ2v) is 6.55. The molecule has 0 spiro atoms. The number of carbonyl (C=O) groups is 1. The lowest BCUT2D eigenvalue weighted by molar-refractivity contribution is -0.121. The predicted octanol–water partition coefficient (Wildman–Crippen LogP) is 3.71. The molecule has 2 heterocycles. The number of nitrogens with zero attached hydrogens (tertiary/aromatic N) is 3. The minimum atomic E-state index is -0.290. The summed E-state index contributed by atoms with van der Waals surface area (Å²) in [5.41, 5.74) is 3.54. The zero-order chi connectivity index (χ0) is 19.3. The van der Waals surface area contributed by atoms with Gasteiger partial charge < -0.3 is 5.32 Å². The van der Waals surface area contributed by atoms with Crippen LogP contribution >= 0.6 is 0 Å². The van der Waals surface area contributed by atoms with Crippen molar-refractivity contribution < 1.29 is 9.18 Å². The topological polar surface area (TPSA) is 59.3 Å². The fourth-order valence-corrected chi connectivity index (χ4v) is 3.28. The standard InChI is InChI=1S/C22H19FN4O/c23-18-8-6-17(7-9-18)20(16-4-2-1-3-5-16)12-22(28)26-14-19-13-25-21-15-24-10-11-27(19)21/h1-11,13,15,20H,12,14H2,(H,26,28). The second kappa shape index (κ2) is 8.00. The Kier molecular flexibility index (Phi) is 5.10. The van der Waals surface area contributed by atoms with Gasteiger partial charge in [-0.15, -0.1) is 0 Å². The number of hydrogen-bond donors (Lipinski definition) is 1. The number of hydrogen-bond acceptors (Lipinski definition) is 3. The van der Waals surface area contributed by atoms with E-state index in [0.29, 0.717) is 6.54 Å². The Morgan fingerprint density at radius 1 is 1.04 bits per heavy atom. The first-order valence-electron chi connectivity index (χ1n) is 9.04. The van der Waals surface area contributed by atoms with E-state index >= 15 is 0 Å². The highest BCUT2D eigenvalue weighted by Gasteiger charge is 2.18. The minimum absolute atomic E-state index is 0.0813. The fourth-order valence-electron chi connectivity index (χ4n) is 3.28. The van der Waals surface area contributed by atoms with Gasteiger partial charge in [0.2, 0.25) is 5.91 Å². The van der Waals surface area contributed by atoms with Gasteiger partial charge in [0.05, 0.1) is 24.6 Å². The van der Waals surface area contributed by atoms with Crippen LogP contribution in [0.4, 0.5) is 4.39 Å². The van der Waals surface area contributed by atoms with E-state index in [0.717, 1.165) is 22.5 Å². The van der Waals surface area contributed by atoms with Gasteiger partial charge in [-0.1, -0.05) is 42.5 Å². The molecule has 1 N–H and O–H groups in total. The summed E-state index contributed by atoms with van der Waals surface area (Å²) in [6, 6.07) is 16.1. The molecule has 6 heteroatoms. The number of benzene rings is 2. The number of aromatic nitrogens is 3. The first-order valence-corrected chi connectivity index (χ1v) is 9.04. The molecule has 2 aromatic heterocycles. The molecular formula is C22H19FN4O. The molecule has 0 aliphatic rings. The summed E-state index contributed by atoms with van der Waals surface area (Å²) >= 11 is 0.